The van der Waals surface area contributed by atoms with Crippen molar-refractivity contribution in [3.63, 3.8) is 0 Å². The van der Waals surface area contributed by atoms with E-state index in [1.54, 1.807) is 31.2 Å². The zero-order valence-corrected chi connectivity index (χ0v) is 19.6. The lowest BCUT2D eigenvalue weighted by Gasteiger charge is -2.13. The zero-order valence-electron chi connectivity index (χ0n) is 18.0. The average molecular weight is 511 g/mol. The molecule has 0 bridgehead atoms. The zero-order chi connectivity index (χ0) is 23.6. The minimum absolute atomic E-state index is 0.125. The van der Waals surface area contributed by atoms with Crippen LogP contribution in [0.15, 0.2) is 77.3 Å². The minimum atomic E-state index is -0.801. The molecule has 7 nitrogen and oxygen atoms in total. The fourth-order valence-electron chi connectivity index (χ4n) is 2.98. The van der Waals surface area contributed by atoms with E-state index in [0.29, 0.717) is 11.3 Å². The van der Waals surface area contributed by atoms with Crippen LogP contribution in [0.25, 0.3) is 0 Å². The fourth-order valence-corrected chi connectivity index (χ4v) is 3.40. The van der Waals surface area contributed by atoms with Gasteiger partial charge in [0.25, 0.3) is 5.91 Å². The first kappa shape index (κ1) is 24.0. The average Bonchev–Trinajstić information content (AvgIpc) is 2.80. The summed E-state index contributed by atoms with van der Waals surface area (Å²) in [4.78, 5) is 36.4. The maximum atomic E-state index is 12.7. The van der Waals surface area contributed by atoms with Gasteiger partial charge in [-0.2, -0.15) is 0 Å². The highest BCUT2D eigenvalue weighted by atomic mass is 79.9. The summed E-state index contributed by atoms with van der Waals surface area (Å²) in [6.07, 6.45) is -0.554. The third-order valence-electron chi connectivity index (χ3n) is 4.63. The molecule has 0 spiro atoms. The van der Waals surface area contributed by atoms with Gasteiger partial charge in [0, 0.05) is 22.3 Å². The van der Waals surface area contributed by atoms with Gasteiger partial charge < -0.3 is 20.1 Å². The Labute approximate surface area is 200 Å². The van der Waals surface area contributed by atoms with Crippen LogP contribution < -0.4 is 15.4 Å². The van der Waals surface area contributed by atoms with Gasteiger partial charge in [0.2, 0.25) is 5.91 Å². The van der Waals surface area contributed by atoms with E-state index in [1.807, 2.05) is 36.4 Å². The molecule has 170 valence electrons. The highest BCUT2D eigenvalue weighted by Crippen LogP contribution is 2.19. The summed E-state index contributed by atoms with van der Waals surface area (Å²) >= 11 is 3.45. The maximum absolute atomic E-state index is 12.7. The van der Waals surface area contributed by atoms with E-state index in [1.165, 1.54) is 12.1 Å². The predicted octanol–water partition coefficient (Wildman–Crippen LogP) is 5.10. The molecule has 3 rings (SSSR count). The molecule has 0 aliphatic rings. The van der Waals surface area contributed by atoms with Crippen LogP contribution in [0.1, 0.15) is 28.4 Å². The van der Waals surface area contributed by atoms with Crippen molar-refractivity contribution in [1.29, 1.82) is 0 Å². The number of benzene rings is 3. The van der Waals surface area contributed by atoms with Gasteiger partial charge in [-0.15, -0.1) is 0 Å². The number of carbonyl (C=O) groups is 3. The third-order valence-corrected chi connectivity index (χ3v) is 5.40. The smallest absolute Gasteiger partial charge is 0.434 e. The Balaban J connectivity index is 1.59. The molecule has 0 saturated heterocycles. The largest absolute Gasteiger partial charge is 0.513 e. The number of para-hydroxylation sites is 1. The highest BCUT2D eigenvalue weighted by Gasteiger charge is 2.12. The number of hydrogen-bond acceptors (Lipinski definition) is 5. The standard InChI is InChI=1S/C25H23BrN2O5/c1-2-32-25(31)33-20-13-11-17(12-14-20)24(30)28-22-10-6-4-8-19(22)16-27-23(29)15-18-7-3-5-9-21(18)26/h3-14H,2,15-16H2,1H3,(H,27,29)(H,28,30). The van der Waals surface area contributed by atoms with E-state index >= 15 is 0 Å². The molecule has 0 radical (unpaired) electrons. The van der Waals surface area contributed by atoms with Gasteiger partial charge in [-0.05, 0) is 54.4 Å². The molecular weight excluding hydrogens is 488 g/mol. The molecule has 0 saturated carbocycles. The van der Waals surface area contributed by atoms with Gasteiger partial charge >= 0.3 is 6.16 Å². The Kier molecular flexibility index (Phi) is 8.60. The summed E-state index contributed by atoms with van der Waals surface area (Å²) in [6, 6.07) is 20.9. The minimum Gasteiger partial charge on any atom is -0.434 e. The van der Waals surface area contributed by atoms with E-state index in [0.717, 1.165) is 15.6 Å². The Hall–Kier alpha value is -3.65. The van der Waals surface area contributed by atoms with Crippen LogP contribution in [0.5, 0.6) is 5.75 Å². The van der Waals surface area contributed by atoms with Crippen molar-refractivity contribution in [2.45, 2.75) is 19.9 Å². The number of halogens is 1. The van der Waals surface area contributed by atoms with Crippen molar-refractivity contribution in [3.05, 3.63) is 94.0 Å². The van der Waals surface area contributed by atoms with Crippen molar-refractivity contribution in [2.75, 3.05) is 11.9 Å². The van der Waals surface area contributed by atoms with Crippen LogP contribution in [0.4, 0.5) is 10.5 Å². The lowest BCUT2D eigenvalue weighted by molar-refractivity contribution is -0.120. The molecule has 8 heteroatoms. The lowest BCUT2D eigenvalue weighted by atomic mass is 10.1. The molecule has 2 amide bonds. The van der Waals surface area contributed by atoms with Crippen molar-refractivity contribution in [3.8, 4) is 5.75 Å². The molecule has 0 unspecified atom stereocenters. The molecule has 33 heavy (non-hydrogen) atoms. The summed E-state index contributed by atoms with van der Waals surface area (Å²) in [5.41, 5.74) is 2.65. The van der Waals surface area contributed by atoms with Crippen molar-refractivity contribution in [1.82, 2.24) is 5.32 Å². The van der Waals surface area contributed by atoms with Crippen LogP contribution >= 0.6 is 15.9 Å². The second kappa shape index (κ2) is 11.8. The number of amides is 2. The summed E-state index contributed by atoms with van der Waals surface area (Å²) in [5, 5.41) is 5.75. The topological polar surface area (TPSA) is 93.7 Å². The molecule has 0 aromatic heterocycles. The lowest BCUT2D eigenvalue weighted by Crippen LogP contribution is -2.25. The van der Waals surface area contributed by atoms with Gasteiger partial charge in [0.1, 0.15) is 5.75 Å². The van der Waals surface area contributed by atoms with Crippen molar-refractivity contribution < 1.29 is 23.9 Å². The number of hydrogen-bond donors (Lipinski definition) is 2. The number of rotatable bonds is 8. The SMILES string of the molecule is CCOC(=O)Oc1ccc(C(=O)Nc2ccccc2CNC(=O)Cc2ccccc2Br)cc1. The monoisotopic (exact) mass is 510 g/mol. The van der Waals surface area contributed by atoms with E-state index in [4.69, 9.17) is 9.47 Å². The van der Waals surface area contributed by atoms with Gasteiger partial charge in [-0.1, -0.05) is 52.3 Å². The molecule has 3 aromatic rings. The number of carbonyl (C=O) groups excluding carboxylic acids is 3. The van der Waals surface area contributed by atoms with Crippen LogP contribution in [-0.2, 0) is 22.5 Å². The summed E-state index contributed by atoms with van der Waals surface area (Å²) in [7, 11) is 0. The first-order valence-corrected chi connectivity index (χ1v) is 11.1. The summed E-state index contributed by atoms with van der Waals surface area (Å²) in [6.45, 7) is 2.16. The Morgan fingerprint density at radius 2 is 1.55 bits per heavy atom. The van der Waals surface area contributed by atoms with Crippen molar-refractivity contribution in [2.24, 2.45) is 0 Å². The van der Waals surface area contributed by atoms with Crippen LogP contribution in [0.2, 0.25) is 0 Å². The van der Waals surface area contributed by atoms with E-state index in [9.17, 15) is 14.4 Å². The summed E-state index contributed by atoms with van der Waals surface area (Å²) < 4.78 is 10.6. The third kappa shape index (κ3) is 7.18. The molecule has 0 fully saturated rings. The molecular formula is C25H23BrN2O5. The van der Waals surface area contributed by atoms with Gasteiger partial charge in [-0.3, -0.25) is 9.59 Å². The molecule has 2 N–H and O–H groups in total. The number of ether oxygens (including phenoxy) is 2. The second-order valence-corrected chi connectivity index (χ2v) is 7.82. The second-order valence-electron chi connectivity index (χ2n) is 6.97. The maximum Gasteiger partial charge on any atom is 0.513 e. The quantitative estimate of drug-likeness (QED) is 0.325. The molecule has 3 aromatic carbocycles. The first-order valence-electron chi connectivity index (χ1n) is 10.3. The molecule has 0 aliphatic heterocycles. The molecule has 0 aliphatic carbocycles. The van der Waals surface area contributed by atoms with Gasteiger partial charge in [-0.25, -0.2) is 4.79 Å². The Morgan fingerprint density at radius 3 is 2.24 bits per heavy atom. The number of anilines is 1. The van der Waals surface area contributed by atoms with Crippen LogP contribution in [0, 0.1) is 0 Å². The Morgan fingerprint density at radius 1 is 0.879 bits per heavy atom. The predicted molar refractivity (Wildman–Crippen MR) is 128 cm³/mol. The van der Waals surface area contributed by atoms with E-state index < -0.39 is 6.16 Å². The normalized spacial score (nSPS) is 10.2. The van der Waals surface area contributed by atoms with E-state index in [2.05, 4.69) is 26.6 Å². The molecule has 0 heterocycles. The summed E-state index contributed by atoms with van der Waals surface area (Å²) in [5.74, 6) is -0.178. The first-order chi connectivity index (χ1) is 16.0. The fraction of sp³-hybridized carbons (Fsp3) is 0.160. The van der Waals surface area contributed by atoms with Gasteiger partial charge in [0.05, 0.1) is 13.0 Å². The van der Waals surface area contributed by atoms with Gasteiger partial charge in [0.15, 0.2) is 0 Å². The Bertz CT molecular complexity index is 1130. The van der Waals surface area contributed by atoms with E-state index in [-0.39, 0.29) is 37.1 Å². The number of nitrogens with one attached hydrogen (secondary N) is 2. The van der Waals surface area contributed by atoms with Crippen LogP contribution in [0.3, 0.4) is 0 Å². The van der Waals surface area contributed by atoms with Crippen molar-refractivity contribution >= 4 is 39.6 Å². The molecule has 0 atom stereocenters. The highest BCUT2D eigenvalue weighted by molar-refractivity contribution is 9.10. The van der Waals surface area contributed by atoms with Crippen LogP contribution in [-0.4, -0.2) is 24.6 Å².